The second-order valence-corrected chi connectivity index (χ2v) is 9.37. The van der Waals surface area contributed by atoms with Crippen molar-refractivity contribution in [3.05, 3.63) is 74.1 Å². The number of hydrogen-bond donors (Lipinski definition) is 1. The maximum absolute atomic E-state index is 13.4. The summed E-state index contributed by atoms with van der Waals surface area (Å²) >= 11 is 4.98. The van der Waals surface area contributed by atoms with Gasteiger partial charge >= 0.3 is 0 Å². The first-order valence-electron chi connectivity index (χ1n) is 10.1. The third-order valence-corrected chi connectivity index (χ3v) is 6.92. The monoisotopic (exact) mass is 511 g/mol. The van der Waals surface area contributed by atoms with Crippen molar-refractivity contribution in [2.45, 2.75) is 26.8 Å². The Kier molecular flexibility index (Phi) is 6.43. The Morgan fingerprint density at radius 2 is 1.97 bits per heavy atom. The number of aryl methyl sites for hydroxylation is 2. The van der Waals surface area contributed by atoms with E-state index in [1.807, 2.05) is 43.3 Å². The number of fused-ring (bicyclic) bond motifs is 1. The molecule has 2 aromatic carbocycles. The highest BCUT2D eigenvalue weighted by Gasteiger charge is 2.19. The van der Waals surface area contributed by atoms with Crippen LogP contribution in [0.4, 0.5) is 5.69 Å². The van der Waals surface area contributed by atoms with Crippen molar-refractivity contribution in [3.63, 3.8) is 0 Å². The largest absolute Gasteiger partial charge is 0.495 e. The zero-order valence-electron chi connectivity index (χ0n) is 17.9. The molecule has 0 bridgehead atoms. The Morgan fingerprint density at radius 1 is 1.22 bits per heavy atom. The number of anilines is 1. The lowest BCUT2D eigenvalue weighted by molar-refractivity contribution is -0.116. The first-order chi connectivity index (χ1) is 15.4. The molecule has 0 saturated heterocycles. The van der Waals surface area contributed by atoms with Gasteiger partial charge in [-0.05, 0) is 48.7 Å². The van der Waals surface area contributed by atoms with Crippen LogP contribution in [0.15, 0.2) is 58.1 Å². The molecular formula is C24H22BrN3O3S. The van der Waals surface area contributed by atoms with E-state index in [2.05, 4.69) is 33.2 Å². The predicted molar refractivity (Wildman–Crippen MR) is 133 cm³/mol. The smallest absolute Gasteiger partial charge is 0.263 e. The number of amides is 1. The molecule has 0 aliphatic heterocycles. The maximum atomic E-state index is 13.4. The Balaban J connectivity index is 1.72. The van der Waals surface area contributed by atoms with Crippen LogP contribution in [0.1, 0.15) is 17.4 Å². The number of carbonyl (C=O) groups excluding carboxylic acids is 1. The fraction of sp³-hybridized carbons (Fsp3) is 0.208. The molecule has 0 saturated carbocycles. The van der Waals surface area contributed by atoms with Crippen molar-refractivity contribution in [2.75, 3.05) is 12.4 Å². The Bertz CT molecular complexity index is 1360. The van der Waals surface area contributed by atoms with Crippen molar-refractivity contribution in [3.8, 4) is 16.9 Å². The molecular weight excluding hydrogens is 490 g/mol. The SMILES string of the molecule is CCc1sc2ncn(CC(=O)Nc3cc(C)ccc3OC)c(=O)c2c1-c1ccc(Br)cc1. The van der Waals surface area contributed by atoms with Gasteiger partial charge in [0.05, 0.1) is 24.5 Å². The number of ether oxygens (including phenoxy) is 1. The molecule has 164 valence electrons. The van der Waals surface area contributed by atoms with E-state index in [1.54, 1.807) is 13.2 Å². The summed E-state index contributed by atoms with van der Waals surface area (Å²) in [5, 5.41) is 3.39. The minimum Gasteiger partial charge on any atom is -0.495 e. The summed E-state index contributed by atoms with van der Waals surface area (Å²) in [6.45, 7) is 3.85. The maximum Gasteiger partial charge on any atom is 0.263 e. The van der Waals surface area contributed by atoms with Crippen LogP contribution < -0.4 is 15.6 Å². The van der Waals surface area contributed by atoms with Crippen molar-refractivity contribution in [2.24, 2.45) is 0 Å². The second-order valence-electron chi connectivity index (χ2n) is 7.37. The molecule has 4 aromatic rings. The zero-order chi connectivity index (χ0) is 22.8. The topological polar surface area (TPSA) is 73.2 Å². The van der Waals surface area contributed by atoms with Crippen molar-refractivity contribution in [1.29, 1.82) is 0 Å². The number of thiophene rings is 1. The highest BCUT2D eigenvalue weighted by atomic mass is 79.9. The summed E-state index contributed by atoms with van der Waals surface area (Å²) in [4.78, 5) is 32.4. The molecule has 1 N–H and O–H groups in total. The van der Waals surface area contributed by atoms with Crippen molar-refractivity contribution >= 4 is 49.1 Å². The van der Waals surface area contributed by atoms with Gasteiger partial charge in [-0.2, -0.15) is 0 Å². The highest BCUT2D eigenvalue weighted by Crippen LogP contribution is 2.36. The number of nitrogens with one attached hydrogen (secondary N) is 1. The third-order valence-electron chi connectivity index (χ3n) is 5.15. The minimum absolute atomic E-state index is 0.143. The summed E-state index contributed by atoms with van der Waals surface area (Å²) in [5.74, 6) is 0.237. The zero-order valence-corrected chi connectivity index (χ0v) is 20.3. The van der Waals surface area contributed by atoms with Crippen LogP contribution in [0.25, 0.3) is 21.3 Å². The van der Waals surface area contributed by atoms with Gasteiger partial charge in [0, 0.05) is 14.9 Å². The van der Waals surface area contributed by atoms with Gasteiger partial charge in [-0.25, -0.2) is 4.98 Å². The molecule has 0 atom stereocenters. The van der Waals surface area contributed by atoms with E-state index < -0.39 is 0 Å². The lowest BCUT2D eigenvalue weighted by Crippen LogP contribution is -2.28. The molecule has 4 rings (SSSR count). The number of rotatable bonds is 6. The van der Waals surface area contributed by atoms with Crippen LogP contribution >= 0.6 is 27.3 Å². The molecule has 32 heavy (non-hydrogen) atoms. The minimum atomic E-state index is -0.326. The summed E-state index contributed by atoms with van der Waals surface area (Å²) in [6, 6.07) is 13.4. The van der Waals surface area contributed by atoms with Gasteiger partial charge in [0.2, 0.25) is 5.91 Å². The number of aromatic nitrogens is 2. The van der Waals surface area contributed by atoms with Gasteiger partial charge in [-0.1, -0.05) is 41.1 Å². The molecule has 6 nitrogen and oxygen atoms in total. The van der Waals surface area contributed by atoms with Gasteiger partial charge in [0.15, 0.2) is 0 Å². The van der Waals surface area contributed by atoms with Crippen LogP contribution in [-0.4, -0.2) is 22.6 Å². The van der Waals surface area contributed by atoms with Crippen molar-refractivity contribution in [1.82, 2.24) is 9.55 Å². The third kappa shape index (κ3) is 4.33. The van der Waals surface area contributed by atoms with E-state index in [0.717, 1.165) is 32.5 Å². The van der Waals surface area contributed by atoms with Gasteiger partial charge in [-0.15, -0.1) is 11.3 Å². The number of halogens is 1. The van der Waals surface area contributed by atoms with Crippen LogP contribution in [0.3, 0.4) is 0 Å². The van der Waals surface area contributed by atoms with E-state index in [0.29, 0.717) is 21.7 Å². The molecule has 0 fully saturated rings. The molecule has 2 heterocycles. The van der Waals surface area contributed by atoms with E-state index in [9.17, 15) is 9.59 Å². The summed E-state index contributed by atoms with van der Waals surface area (Å²) < 4.78 is 7.65. The lowest BCUT2D eigenvalue weighted by Gasteiger charge is -2.12. The molecule has 0 spiro atoms. The molecule has 0 unspecified atom stereocenters. The number of carbonyl (C=O) groups is 1. The highest BCUT2D eigenvalue weighted by molar-refractivity contribution is 9.10. The average Bonchev–Trinajstić information content (AvgIpc) is 3.16. The number of hydrogen-bond acceptors (Lipinski definition) is 5. The van der Waals surface area contributed by atoms with E-state index in [4.69, 9.17) is 4.74 Å². The van der Waals surface area contributed by atoms with Crippen LogP contribution in [0, 0.1) is 6.92 Å². The Morgan fingerprint density at radius 3 is 2.66 bits per heavy atom. The number of methoxy groups -OCH3 is 1. The second kappa shape index (κ2) is 9.26. The fourth-order valence-corrected chi connectivity index (χ4v) is 4.98. The van der Waals surface area contributed by atoms with Gasteiger partial charge in [0.25, 0.3) is 5.56 Å². The molecule has 0 aliphatic carbocycles. The Labute approximate surface area is 198 Å². The van der Waals surface area contributed by atoms with Gasteiger partial charge < -0.3 is 10.1 Å². The van der Waals surface area contributed by atoms with E-state index in [1.165, 1.54) is 22.2 Å². The standard InChI is InChI=1S/C24H22BrN3O3S/c1-4-19-21(15-6-8-16(25)9-7-15)22-23(32-19)26-13-28(24(22)30)12-20(29)27-17-11-14(2)5-10-18(17)31-3/h5-11,13H,4,12H2,1-3H3,(H,27,29). The number of nitrogens with zero attached hydrogens (tertiary/aromatic N) is 2. The number of benzene rings is 2. The van der Waals surface area contributed by atoms with Gasteiger partial charge in [-0.3, -0.25) is 14.2 Å². The fourth-order valence-electron chi connectivity index (χ4n) is 3.62. The molecule has 8 heteroatoms. The van der Waals surface area contributed by atoms with Gasteiger partial charge in [0.1, 0.15) is 17.1 Å². The van der Waals surface area contributed by atoms with Crippen LogP contribution in [0.2, 0.25) is 0 Å². The summed E-state index contributed by atoms with van der Waals surface area (Å²) in [6.07, 6.45) is 2.23. The molecule has 0 aliphatic rings. The first kappa shape index (κ1) is 22.2. The summed E-state index contributed by atoms with van der Waals surface area (Å²) in [7, 11) is 1.55. The van der Waals surface area contributed by atoms with Crippen LogP contribution in [0.5, 0.6) is 5.75 Å². The molecule has 2 aromatic heterocycles. The van der Waals surface area contributed by atoms with E-state index in [-0.39, 0.29) is 18.0 Å². The van der Waals surface area contributed by atoms with Crippen LogP contribution in [-0.2, 0) is 17.8 Å². The average molecular weight is 512 g/mol. The molecule has 1 amide bonds. The lowest BCUT2D eigenvalue weighted by atomic mass is 10.0. The quantitative estimate of drug-likeness (QED) is 0.375. The van der Waals surface area contributed by atoms with E-state index >= 15 is 0 Å². The normalized spacial score (nSPS) is 11.0. The van der Waals surface area contributed by atoms with Crippen molar-refractivity contribution < 1.29 is 9.53 Å². The first-order valence-corrected chi connectivity index (χ1v) is 11.7. The predicted octanol–water partition coefficient (Wildman–Crippen LogP) is 5.41. The Hall–Kier alpha value is -2.97. The summed E-state index contributed by atoms with van der Waals surface area (Å²) in [5.41, 5.74) is 3.19. The molecule has 0 radical (unpaired) electrons.